The second-order valence-corrected chi connectivity index (χ2v) is 2.77. The third-order valence-corrected chi connectivity index (χ3v) is 2.04. The number of nitrogens with zero attached hydrogens (tertiary/aromatic N) is 4. The Morgan fingerprint density at radius 1 is 1.45 bits per heavy atom. The second-order valence-electron chi connectivity index (χ2n) is 2.77. The predicted octanol–water partition coefficient (Wildman–Crippen LogP) is 0.905. The molecule has 11 heavy (non-hydrogen) atoms. The Kier molecular flexibility index (Phi) is 0.753. The molecule has 0 saturated heterocycles. The van der Waals surface area contributed by atoms with Gasteiger partial charge in [-0.25, -0.2) is 0 Å². The van der Waals surface area contributed by atoms with Gasteiger partial charge in [-0.15, -0.1) is 5.11 Å². The summed E-state index contributed by atoms with van der Waals surface area (Å²) in [5, 5.41) is 7.80. The summed E-state index contributed by atoms with van der Waals surface area (Å²) in [6.45, 7) is 1.71. The van der Waals surface area contributed by atoms with E-state index in [1.54, 1.807) is 6.20 Å². The molecule has 3 aliphatic heterocycles. The van der Waals surface area contributed by atoms with Crippen molar-refractivity contribution in [2.45, 2.75) is 0 Å². The molecule has 0 N–H and O–H groups in total. The van der Waals surface area contributed by atoms with Gasteiger partial charge in [0.15, 0.2) is 0 Å². The van der Waals surface area contributed by atoms with Crippen LogP contribution in [-0.2, 0) is 0 Å². The van der Waals surface area contributed by atoms with Gasteiger partial charge in [0.2, 0.25) is 0 Å². The summed E-state index contributed by atoms with van der Waals surface area (Å²) in [5.41, 5.74) is 3.21. The topological polar surface area (TPSA) is 40.3 Å². The van der Waals surface area contributed by atoms with Crippen LogP contribution in [0.25, 0.3) is 0 Å². The Balaban J connectivity index is 2.22. The summed E-state index contributed by atoms with van der Waals surface area (Å²) in [4.78, 5) is 6.47. The van der Waals surface area contributed by atoms with E-state index in [0.717, 1.165) is 30.2 Å². The molecule has 0 radical (unpaired) electrons. The van der Waals surface area contributed by atoms with E-state index in [1.807, 2.05) is 6.20 Å². The molecule has 3 aliphatic rings. The van der Waals surface area contributed by atoms with Crippen LogP contribution in [-0.4, -0.2) is 23.8 Å². The van der Waals surface area contributed by atoms with Crippen molar-refractivity contribution in [3.63, 3.8) is 0 Å². The smallest absolute Gasteiger partial charge is 0.112 e. The minimum atomic E-state index is 0.783. The molecule has 3 heterocycles. The van der Waals surface area contributed by atoms with Crippen LogP contribution in [0.5, 0.6) is 0 Å². The molecular weight excluding hydrogens is 140 g/mol. The average Bonchev–Trinajstić information content (AvgIpc) is 2.58. The van der Waals surface area contributed by atoms with Crippen molar-refractivity contribution in [2.24, 2.45) is 15.2 Å². The molecule has 0 spiro atoms. The first-order chi connectivity index (χ1) is 5.43. The molecule has 0 aromatic heterocycles. The number of aliphatic imine (C=N–C) groups is 1. The monoisotopic (exact) mass is 146 g/mol. The van der Waals surface area contributed by atoms with Crippen LogP contribution in [0.1, 0.15) is 0 Å². The molecule has 0 fully saturated rings. The molecule has 4 nitrogen and oxygen atoms in total. The highest BCUT2D eigenvalue weighted by Crippen LogP contribution is 2.28. The lowest BCUT2D eigenvalue weighted by atomic mass is 10.1. The van der Waals surface area contributed by atoms with Crippen molar-refractivity contribution in [1.29, 1.82) is 0 Å². The molecule has 3 rings (SSSR count). The van der Waals surface area contributed by atoms with Crippen LogP contribution < -0.4 is 0 Å². The maximum absolute atomic E-state index is 4.34. The quantitative estimate of drug-likeness (QED) is 0.500. The van der Waals surface area contributed by atoms with E-state index in [-0.39, 0.29) is 0 Å². The van der Waals surface area contributed by atoms with Gasteiger partial charge in [0.25, 0.3) is 0 Å². The molecule has 0 unspecified atom stereocenters. The summed E-state index contributed by atoms with van der Waals surface area (Å²) >= 11 is 0. The Labute approximate surface area is 63.6 Å². The zero-order valence-electron chi connectivity index (χ0n) is 5.86. The van der Waals surface area contributed by atoms with Crippen molar-refractivity contribution in [2.75, 3.05) is 13.2 Å². The van der Waals surface area contributed by atoms with Crippen LogP contribution in [0.3, 0.4) is 0 Å². The lowest BCUT2D eigenvalue weighted by Crippen LogP contribution is -2.23. The van der Waals surface area contributed by atoms with Gasteiger partial charge in [0.1, 0.15) is 12.4 Å². The highest BCUT2D eigenvalue weighted by atomic mass is 15.3. The van der Waals surface area contributed by atoms with Crippen molar-refractivity contribution in [3.05, 3.63) is 23.7 Å². The molecule has 0 amide bonds. The highest BCUT2D eigenvalue weighted by molar-refractivity contribution is 6.07. The normalized spacial score (nSPS) is 24.7. The molecular formula is C7H6N4. The molecule has 0 saturated carbocycles. The molecule has 54 valence electrons. The zero-order valence-corrected chi connectivity index (χ0v) is 5.86. The summed E-state index contributed by atoms with van der Waals surface area (Å²) < 4.78 is 0. The van der Waals surface area contributed by atoms with E-state index in [9.17, 15) is 0 Å². The largest absolute Gasteiger partial charge is 0.350 e. The number of fused-ring (bicyclic) bond motifs is 4. The third kappa shape index (κ3) is 0.562. The standard InChI is InChI=1S/C7H6N4/c1-5-6-2-11(4-8-6)3-7(5)10-9-1/h1,3H,2,4H2. The van der Waals surface area contributed by atoms with Crippen molar-refractivity contribution >= 4 is 5.71 Å². The van der Waals surface area contributed by atoms with E-state index >= 15 is 0 Å². The first kappa shape index (κ1) is 5.23. The number of azo groups is 1. The van der Waals surface area contributed by atoms with Gasteiger partial charge in [0.05, 0.1) is 18.5 Å². The maximum atomic E-state index is 4.34. The third-order valence-electron chi connectivity index (χ3n) is 2.04. The van der Waals surface area contributed by atoms with Crippen LogP contribution in [0.4, 0.5) is 0 Å². The van der Waals surface area contributed by atoms with Gasteiger partial charge < -0.3 is 4.90 Å². The summed E-state index contributed by atoms with van der Waals surface area (Å²) in [6.07, 6.45) is 3.80. The fourth-order valence-corrected chi connectivity index (χ4v) is 1.48. The fraction of sp³-hybridized carbons (Fsp3) is 0.286. The summed E-state index contributed by atoms with van der Waals surface area (Å²) in [6, 6.07) is 0. The van der Waals surface area contributed by atoms with E-state index in [4.69, 9.17) is 0 Å². The number of hydrogen-bond acceptors (Lipinski definition) is 4. The lowest BCUT2D eigenvalue weighted by Gasteiger charge is -2.16. The molecule has 0 atom stereocenters. The highest BCUT2D eigenvalue weighted by Gasteiger charge is 2.27. The number of allylic oxidation sites excluding steroid dienone is 1. The molecule has 0 aromatic carbocycles. The minimum Gasteiger partial charge on any atom is -0.350 e. The Morgan fingerprint density at radius 2 is 2.45 bits per heavy atom. The Hall–Kier alpha value is -1.45. The van der Waals surface area contributed by atoms with Gasteiger partial charge in [-0.3, -0.25) is 4.99 Å². The van der Waals surface area contributed by atoms with E-state index in [2.05, 4.69) is 20.1 Å². The number of rotatable bonds is 0. The first-order valence-corrected chi connectivity index (χ1v) is 3.54. The van der Waals surface area contributed by atoms with Gasteiger partial charge in [-0.1, -0.05) is 0 Å². The first-order valence-electron chi connectivity index (χ1n) is 3.54. The molecule has 2 bridgehead atoms. The maximum Gasteiger partial charge on any atom is 0.112 e. The molecule has 0 aromatic rings. The Bertz CT molecular complexity index is 334. The van der Waals surface area contributed by atoms with E-state index in [1.165, 1.54) is 0 Å². The molecule has 0 aliphatic carbocycles. The van der Waals surface area contributed by atoms with E-state index in [0.29, 0.717) is 0 Å². The zero-order chi connectivity index (χ0) is 7.26. The molecule has 4 heteroatoms. The average molecular weight is 146 g/mol. The van der Waals surface area contributed by atoms with Gasteiger partial charge in [0, 0.05) is 11.8 Å². The van der Waals surface area contributed by atoms with Gasteiger partial charge >= 0.3 is 0 Å². The lowest BCUT2D eigenvalue weighted by molar-refractivity contribution is 0.464. The van der Waals surface area contributed by atoms with Crippen LogP contribution >= 0.6 is 0 Å². The predicted molar refractivity (Wildman–Crippen MR) is 40.0 cm³/mol. The van der Waals surface area contributed by atoms with Crippen LogP contribution in [0, 0.1) is 0 Å². The second kappa shape index (κ2) is 1.58. The van der Waals surface area contributed by atoms with Crippen molar-refractivity contribution < 1.29 is 0 Å². The van der Waals surface area contributed by atoms with Crippen LogP contribution in [0.15, 0.2) is 38.9 Å². The van der Waals surface area contributed by atoms with Crippen LogP contribution in [0.2, 0.25) is 0 Å². The van der Waals surface area contributed by atoms with E-state index < -0.39 is 0 Å². The Morgan fingerprint density at radius 3 is 3.45 bits per heavy atom. The van der Waals surface area contributed by atoms with Crippen molar-refractivity contribution in [3.8, 4) is 0 Å². The van der Waals surface area contributed by atoms with Crippen molar-refractivity contribution in [1.82, 2.24) is 4.90 Å². The minimum absolute atomic E-state index is 0.783. The summed E-state index contributed by atoms with van der Waals surface area (Å²) in [7, 11) is 0. The number of hydrogen-bond donors (Lipinski definition) is 0. The SMILES string of the molecule is C1=C2N=NC=C2C2=NCN1C2. The fourth-order valence-electron chi connectivity index (χ4n) is 1.48. The summed E-state index contributed by atoms with van der Waals surface area (Å²) in [5.74, 6) is 0. The van der Waals surface area contributed by atoms with Gasteiger partial charge in [-0.05, 0) is 0 Å². The van der Waals surface area contributed by atoms with Gasteiger partial charge in [-0.2, -0.15) is 5.11 Å².